The smallest absolute Gasteiger partial charge is 0.312 e. The second-order valence-corrected chi connectivity index (χ2v) is 5.89. The molecule has 0 aromatic heterocycles. The molecular formula is C12H14O5S. The topological polar surface area (TPSA) is 69.7 Å². The van der Waals surface area contributed by atoms with Crippen LogP contribution in [0.3, 0.4) is 0 Å². The summed E-state index contributed by atoms with van der Waals surface area (Å²) in [6, 6.07) is 9.39. The third kappa shape index (κ3) is 3.08. The molecule has 1 aromatic carbocycles. The van der Waals surface area contributed by atoms with Crippen LogP contribution in [-0.4, -0.2) is 33.9 Å². The van der Waals surface area contributed by atoms with Crippen molar-refractivity contribution in [2.75, 3.05) is 19.5 Å². The Morgan fingerprint density at radius 3 is 2.61 bits per heavy atom. The lowest BCUT2D eigenvalue weighted by Crippen LogP contribution is -2.22. The van der Waals surface area contributed by atoms with Crippen molar-refractivity contribution in [3.63, 3.8) is 0 Å². The highest BCUT2D eigenvalue weighted by molar-refractivity contribution is 7.85. The molecule has 1 aromatic rings. The number of hydrogen-bond acceptors (Lipinski definition) is 5. The Bertz CT molecular complexity index is 523. The molecule has 18 heavy (non-hydrogen) atoms. The van der Waals surface area contributed by atoms with E-state index in [1.807, 2.05) is 30.3 Å². The minimum Gasteiger partial charge on any atom is -0.465 e. The summed E-state index contributed by atoms with van der Waals surface area (Å²) in [6.07, 6.45) is 0.963. The van der Waals surface area contributed by atoms with Crippen molar-refractivity contribution in [3.8, 4) is 0 Å². The van der Waals surface area contributed by atoms with Crippen molar-refractivity contribution < 1.29 is 22.1 Å². The monoisotopic (exact) mass is 270 g/mol. The van der Waals surface area contributed by atoms with Crippen LogP contribution < -0.4 is 0 Å². The fourth-order valence-electron chi connectivity index (χ4n) is 1.97. The Balaban J connectivity index is 2.13. The van der Waals surface area contributed by atoms with E-state index in [1.54, 1.807) is 0 Å². The van der Waals surface area contributed by atoms with Crippen LogP contribution >= 0.6 is 0 Å². The molecule has 0 radical (unpaired) electrons. The first kappa shape index (κ1) is 13.0. The Morgan fingerprint density at radius 2 is 2.00 bits per heavy atom. The van der Waals surface area contributed by atoms with Gasteiger partial charge in [0.05, 0.1) is 25.4 Å². The van der Waals surface area contributed by atoms with Gasteiger partial charge in [-0.3, -0.25) is 8.98 Å². The van der Waals surface area contributed by atoms with Gasteiger partial charge in [0.15, 0.2) is 0 Å². The van der Waals surface area contributed by atoms with Gasteiger partial charge in [-0.2, -0.15) is 8.42 Å². The lowest BCUT2D eigenvalue weighted by Gasteiger charge is -2.14. The summed E-state index contributed by atoms with van der Waals surface area (Å²) < 4.78 is 31.6. The number of carbonyl (C=O) groups excluding carboxylic acids is 1. The zero-order chi connectivity index (χ0) is 13.2. The number of hydrogen-bond donors (Lipinski definition) is 0. The number of cyclic esters (lactones) is 1. The Kier molecular flexibility index (Phi) is 3.68. The fourth-order valence-corrected chi connectivity index (χ4v) is 2.36. The summed E-state index contributed by atoms with van der Waals surface area (Å²) in [4.78, 5) is 11.6. The molecule has 1 aliphatic rings. The van der Waals surface area contributed by atoms with Crippen molar-refractivity contribution in [1.82, 2.24) is 0 Å². The molecule has 0 bridgehead atoms. The van der Waals surface area contributed by atoms with Gasteiger partial charge in [0.25, 0.3) is 10.1 Å². The first-order valence-corrected chi connectivity index (χ1v) is 7.35. The zero-order valence-corrected chi connectivity index (χ0v) is 10.7. The average Bonchev–Trinajstić information content (AvgIpc) is 2.68. The average molecular weight is 270 g/mol. The predicted molar refractivity (Wildman–Crippen MR) is 64.4 cm³/mol. The summed E-state index contributed by atoms with van der Waals surface area (Å²) in [5.74, 6) is -1.13. The molecule has 2 unspecified atom stereocenters. The molecule has 6 heteroatoms. The first-order chi connectivity index (χ1) is 8.47. The van der Waals surface area contributed by atoms with E-state index in [9.17, 15) is 13.2 Å². The molecule has 0 amide bonds. The van der Waals surface area contributed by atoms with E-state index < -0.39 is 22.0 Å². The zero-order valence-electron chi connectivity index (χ0n) is 9.91. The van der Waals surface area contributed by atoms with Gasteiger partial charge in [-0.25, -0.2) is 0 Å². The second-order valence-electron chi connectivity index (χ2n) is 4.24. The predicted octanol–water partition coefficient (Wildman–Crippen LogP) is 0.919. The maximum Gasteiger partial charge on any atom is 0.312 e. The van der Waals surface area contributed by atoms with Crippen molar-refractivity contribution in [1.29, 1.82) is 0 Å². The van der Waals surface area contributed by atoms with Gasteiger partial charge in [0.2, 0.25) is 0 Å². The SMILES string of the molecule is CS(=O)(=O)OCC1C(=O)OCC1c1ccccc1. The molecule has 98 valence electrons. The third-order valence-corrected chi connectivity index (χ3v) is 3.45. The van der Waals surface area contributed by atoms with Gasteiger partial charge >= 0.3 is 5.97 Å². The van der Waals surface area contributed by atoms with Crippen molar-refractivity contribution >= 4 is 16.1 Å². The Morgan fingerprint density at radius 1 is 1.33 bits per heavy atom. The standard InChI is InChI=1S/C12H14O5S/c1-18(14,15)17-8-11-10(7-16-12(11)13)9-5-3-2-4-6-9/h2-6,10-11H,7-8H2,1H3. The van der Waals surface area contributed by atoms with Crippen LogP contribution in [0.1, 0.15) is 11.5 Å². The summed E-state index contributed by atoms with van der Waals surface area (Å²) in [5, 5.41) is 0. The van der Waals surface area contributed by atoms with Gasteiger partial charge in [-0.1, -0.05) is 30.3 Å². The highest BCUT2D eigenvalue weighted by Crippen LogP contribution is 2.32. The summed E-state index contributed by atoms with van der Waals surface area (Å²) in [5.41, 5.74) is 0.949. The molecule has 1 aliphatic heterocycles. The number of esters is 1. The van der Waals surface area contributed by atoms with Crippen LogP contribution in [-0.2, 0) is 23.8 Å². The van der Waals surface area contributed by atoms with Crippen molar-refractivity contribution in [2.45, 2.75) is 5.92 Å². The Labute approximate surface area is 106 Å². The lowest BCUT2D eigenvalue weighted by molar-refractivity contribution is -0.141. The maximum atomic E-state index is 11.6. The highest BCUT2D eigenvalue weighted by atomic mass is 32.2. The van der Waals surface area contributed by atoms with Crippen molar-refractivity contribution in [3.05, 3.63) is 35.9 Å². The van der Waals surface area contributed by atoms with E-state index in [4.69, 9.17) is 8.92 Å². The first-order valence-electron chi connectivity index (χ1n) is 5.53. The maximum absolute atomic E-state index is 11.6. The largest absolute Gasteiger partial charge is 0.465 e. The van der Waals surface area contributed by atoms with E-state index in [-0.39, 0.29) is 19.1 Å². The minimum atomic E-state index is -3.55. The molecule has 0 aliphatic carbocycles. The number of carbonyl (C=O) groups is 1. The van der Waals surface area contributed by atoms with Crippen LogP contribution in [0, 0.1) is 5.92 Å². The van der Waals surface area contributed by atoms with Crippen molar-refractivity contribution in [2.24, 2.45) is 5.92 Å². The fraction of sp³-hybridized carbons (Fsp3) is 0.417. The van der Waals surface area contributed by atoms with Gasteiger partial charge in [0.1, 0.15) is 0 Å². The van der Waals surface area contributed by atoms with Crippen LogP contribution in [0.15, 0.2) is 30.3 Å². The molecule has 5 nitrogen and oxygen atoms in total. The molecular weight excluding hydrogens is 256 g/mol. The molecule has 1 heterocycles. The van der Waals surface area contributed by atoms with Crippen LogP contribution in [0.5, 0.6) is 0 Å². The van der Waals surface area contributed by atoms with Gasteiger partial charge in [0, 0.05) is 5.92 Å². The third-order valence-electron chi connectivity index (χ3n) is 2.88. The number of benzene rings is 1. The molecule has 2 atom stereocenters. The van der Waals surface area contributed by atoms with Gasteiger partial charge in [-0.15, -0.1) is 0 Å². The van der Waals surface area contributed by atoms with Crippen LogP contribution in [0.2, 0.25) is 0 Å². The van der Waals surface area contributed by atoms with E-state index >= 15 is 0 Å². The normalized spacial score (nSPS) is 23.9. The van der Waals surface area contributed by atoms with E-state index in [2.05, 4.69) is 0 Å². The van der Waals surface area contributed by atoms with Crippen LogP contribution in [0.4, 0.5) is 0 Å². The second kappa shape index (κ2) is 5.07. The molecule has 0 N–H and O–H groups in total. The summed E-state index contributed by atoms with van der Waals surface area (Å²) in [6.45, 7) is 0.0951. The molecule has 2 rings (SSSR count). The van der Waals surface area contributed by atoms with Crippen LogP contribution in [0.25, 0.3) is 0 Å². The molecule has 0 spiro atoms. The number of ether oxygens (including phenoxy) is 1. The van der Waals surface area contributed by atoms with Gasteiger partial charge in [-0.05, 0) is 5.56 Å². The van der Waals surface area contributed by atoms with E-state index in [1.165, 1.54) is 0 Å². The van der Waals surface area contributed by atoms with E-state index in [0.717, 1.165) is 11.8 Å². The molecule has 1 saturated heterocycles. The summed E-state index contributed by atoms with van der Waals surface area (Å²) in [7, 11) is -3.55. The lowest BCUT2D eigenvalue weighted by atomic mass is 9.89. The summed E-state index contributed by atoms with van der Waals surface area (Å²) >= 11 is 0. The minimum absolute atomic E-state index is 0.152. The van der Waals surface area contributed by atoms with E-state index in [0.29, 0.717) is 0 Å². The molecule has 0 saturated carbocycles. The Hall–Kier alpha value is -1.40. The van der Waals surface area contributed by atoms with Gasteiger partial charge < -0.3 is 4.74 Å². The number of rotatable bonds is 4. The quantitative estimate of drug-likeness (QED) is 0.601. The molecule has 1 fully saturated rings. The highest BCUT2D eigenvalue weighted by Gasteiger charge is 2.38.